The zero-order valence-corrected chi connectivity index (χ0v) is 11.5. The Labute approximate surface area is 104 Å². The van der Waals surface area contributed by atoms with Gasteiger partial charge in [-0.1, -0.05) is 20.3 Å². The lowest BCUT2D eigenvalue weighted by atomic mass is 9.72. The quantitative estimate of drug-likeness (QED) is 0.644. The van der Waals surface area contributed by atoms with E-state index >= 15 is 0 Å². The molecule has 2 heterocycles. The van der Waals surface area contributed by atoms with E-state index in [4.69, 9.17) is 0 Å². The Morgan fingerprint density at radius 3 is 2.35 bits per heavy atom. The minimum atomic E-state index is -0.224. The molecule has 2 amide bonds. The molecule has 0 unspecified atom stereocenters. The molecule has 17 heavy (non-hydrogen) atoms. The van der Waals surface area contributed by atoms with E-state index in [1.807, 2.05) is 7.05 Å². The molecule has 0 atom stereocenters. The van der Waals surface area contributed by atoms with Crippen LogP contribution in [-0.4, -0.2) is 48.3 Å². The third-order valence-electron chi connectivity index (χ3n) is 3.38. The molecule has 4 nitrogen and oxygen atoms in total. The Morgan fingerprint density at radius 2 is 1.88 bits per heavy atom. The molecule has 2 rings (SSSR count). The van der Waals surface area contributed by atoms with Gasteiger partial charge in [0.25, 0.3) is 0 Å². The second-order valence-electron chi connectivity index (χ2n) is 5.19. The standard InChI is InChI=1S/C10H16N2O2.C3H8/c1-8(13)12-6-10(7-12)4-3-5-11(2)9(10)14;1-3-2/h3-7H2,1-2H3;3H2,1-2H3. The van der Waals surface area contributed by atoms with Crippen LogP contribution in [0, 0.1) is 5.41 Å². The van der Waals surface area contributed by atoms with Crippen molar-refractivity contribution < 1.29 is 9.59 Å². The Balaban J connectivity index is 0.000000437. The second-order valence-corrected chi connectivity index (χ2v) is 5.19. The first kappa shape index (κ1) is 14.0. The highest BCUT2D eigenvalue weighted by Crippen LogP contribution is 2.39. The molecule has 98 valence electrons. The Morgan fingerprint density at radius 1 is 1.35 bits per heavy atom. The minimum Gasteiger partial charge on any atom is -0.345 e. The summed E-state index contributed by atoms with van der Waals surface area (Å²) in [6.45, 7) is 7.93. The number of hydrogen-bond donors (Lipinski definition) is 0. The van der Waals surface area contributed by atoms with E-state index in [-0.39, 0.29) is 17.2 Å². The summed E-state index contributed by atoms with van der Waals surface area (Å²) in [6, 6.07) is 0. The van der Waals surface area contributed by atoms with Gasteiger partial charge in [0.2, 0.25) is 11.8 Å². The smallest absolute Gasteiger partial charge is 0.232 e. The van der Waals surface area contributed by atoms with Gasteiger partial charge in [-0.15, -0.1) is 0 Å². The number of carbonyl (C=O) groups excluding carboxylic acids is 2. The summed E-state index contributed by atoms with van der Waals surface area (Å²) in [5.41, 5.74) is -0.224. The molecular formula is C13H24N2O2. The Kier molecular flexibility index (Phi) is 4.54. The maximum atomic E-state index is 11.9. The second kappa shape index (κ2) is 5.52. The van der Waals surface area contributed by atoms with Crippen LogP contribution >= 0.6 is 0 Å². The van der Waals surface area contributed by atoms with Crippen LogP contribution < -0.4 is 0 Å². The molecule has 0 aromatic heterocycles. The molecule has 0 N–H and O–H groups in total. The van der Waals surface area contributed by atoms with Crippen LogP contribution in [0.5, 0.6) is 0 Å². The van der Waals surface area contributed by atoms with Gasteiger partial charge >= 0.3 is 0 Å². The number of carbonyl (C=O) groups is 2. The molecule has 2 aliphatic heterocycles. The summed E-state index contributed by atoms with van der Waals surface area (Å²) < 4.78 is 0. The van der Waals surface area contributed by atoms with E-state index in [1.165, 1.54) is 6.42 Å². The van der Waals surface area contributed by atoms with Crippen molar-refractivity contribution >= 4 is 11.8 Å². The molecule has 0 aliphatic carbocycles. The fraction of sp³-hybridized carbons (Fsp3) is 0.846. The first-order valence-electron chi connectivity index (χ1n) is 6.48. The summed E-state index contributed by atoms with van der Waals surface area (Å²) in [4.78, 5) is 26.5. The summed E-state index contributed by atoms with van der Waals surface area (Å²) in [7, 11) is 1.85. The fourth-order valence-electron chi connectivity index (χ4n) is 2.47. The fourth-order valence-corrected chi connectivity index (χ4v) is 2.47. The van der Waals surface area contributed by atoms with E-state index in [0.717, 1.165) is 19.4 Å². The molecule has 2 aliphatic rings. The Bertz CT molecular complexity index is 296. The lowest BCUT2D eigenvalue weighted by Gasteiger charge is -2.52. The number of likely N-dealkylation sites (tertiary alicyclic amines) is 2. The van der Waals surface area contributed by atoms with Gasteiger partial charge in [-0.05, 0) is 12.8 Å². The van der Waals surface area contributed by atoms with Crippen molar-refractivity contribution in [2.24, 2.45) is 5.41 Å². The average molecular weight is 240 g/mol. The van der Waals surface area contributed by atoms with Gasteiger partial charge in [0.1, 0.15) is 0 Å². The summed E-state index contributed by atoms with van der Waals surface area (Å²) in [5.74, 6) is 0.304. The largest absolute Gasteiger partial charge is 0.345 e. The summed E-state index contributed by atoms with van der Waals surface area (Å²) >= 11 is 0. The lowest BCUT2D eigenvalue weighted by molar-refractivity contribution is -0.163. The first-order valence-corrected chi connectivity index (χ1v) is 6.48. The van der Waals surface area contributed by atoms with Gasteiger partial charge in [0.05, 0.1) is 5.41 Å². The van der Waals surface area contributed by atoms with Crippen molar-refractivity contribution in [1.29, 1.82) is 0 Å². The van der Waals surface area contributed by atoms with Gasteiger partial charge in [-0.25, -0.2) is 0 Å². The highest BCUT2D eigenvalue weighted by atomic mass is 16.2. The van der Waals surface area contributed by atoms with Crippen molar-refractivity contribution in [1.82, 2.24) is 9.80 Å². The zero-order valence-electron chi connectivity index (χ0n) is 11.5. The number of rotatable bonds is 0. The van der Waals surface area contributed by atoms with E-state index in [1.54, 1.807) is 16.7 Å². The monoisotopic (exact) mass is 240 g/mol. The van der Waals surface area contributed by atoms with Crippen LogP contribution in [0.15, 0.2) is 0 Å². The van der Waals surface area contributed by atoms with Crippen molar-refractivity contribution in [2.45, 2.75) is 40.0 Å². The first-order chi connectivity index (χ1) is 7.96. The van der Waals surface area contributed by atoms with Crippen molar-refractivity contribution in [3.05, 3.63) is 0 Å². The predicted molar refractivity (Wildman–Crippen MR) is 67.5 cm³/mol. The molecule has 0 aromatic carbocycles. The minimum absolute atomic E-state index is 0.0802. The Hall–Kier alpha value is -1.06. The van der Waals surface area contributed by atoms with Gasteiger partial charge in [0, 0.05) is 33.6 Å². The average Bonchev–Trinajstić information content (AvgIpc) is 2.20. The number of amides is 2. The molecule has 0 aromatic rings. The van der Waals surface area contributed by atoms with E-state index in [2.05, 4.69) is 13.8 Å². The topological polar surface area (TPSA) is 40.6 Å². The van der Waals surface area contributed by atoms with Crippen LogP contribution in [0.25, 0.3) is 0 Å². The molecule has 1 spiro atoms. The zero-order chi connectivity index (χ0) is 13.1. The summed E-state index contributed by atoms with van der Waals surface area (Å²) in [5, 5.41) is 0. The van der Waals surface area contributed by atoms with Crippen LogP contribution in [0.2, 0.25) is 0 Å². The van der Waals surface area contributed by atoms with Crippen LogP contribution in [-0.2, 0) is 9.59 Å². The normalized spacial score (nSPS) is 21.8. The van der Waals surface area contributed by atoms with Crippen LogP contribution in [0.1, 0.15) is 40.0 Å². The predicted octanol–water partition coefficient (Wildman–Crippen LogP) is 1.50. The third kappa shape index (κ3) is 2.79. The van der Waals surface area contributed by atoms with E-state index in [0.29, 0.717) is 13.1 Å². The maximum absolute atomic E-state index is 11.9. The van der Waals surface area contributed by atoms with Gasteiger partial charge in [-0.3, -0.25) is 9.59 Å². The van der Waals surface area contributed by atoms with E-state index < -0.39 is 0 Å². The molecule has 0 bridgehead atoms. The van der Waals surface area contributed by atoms with Gasteiger partial charge in [0.15, 0.2) is 0 Å². The number of piperidine rings is 1. The third-order valence-corrected chi connectivity index (χ3v) is 3.38. The number of nitrogens with zero attached hydrogens (tertiary/aromatic N) is 2. The highest BCUT2D eigenvalue weighted by Gasteiger charge is 2.52. The summed E-state index contributed by atoms with van der Waals surface area (Å²) in [6.07, 6.45) is 3.26. The molecule has 4 heteroatoms. The lowest BCUT2D eigenvalue weighted by Crippen LogP contribution is -2.66. The van der Waals surface area contributed by atoms with Crippen molar-refractivity contribution in [2.75, 3.05) is 26.7 Å². The maximum Gasteiger partial charge on any atom is 0.232 e. The molecule has 2 saturated heterocycles. The van der Waals surface area contributed by atoms with Crippen LogP contribution in [0.3, 0.4) is 0 Å². The van der Waals surface area contributed by atoms with Crippen molar-refractivity contribution in [3.63, 3.8) is 0 Å². The van der Waals surface area contributed by atoms with Crippen LogP contribution in [0.4, 0.5) is 0 Å². The SMILES string of the molecule is CC(=O)N1CC2(CCCN(C)C2=O)C1.CCC. The van der Waals surface area contributed by atoms with Crippen molar-refractivity contribution in [3.8, 4) is 0 Å². The highest BCUT2D eigenvalue weighted by molar-refractivity contribution is 5.87. The molecule has 2 fully saturated rings. The number of hydrogen-bond acceptors (Lipinski definition) is 2. The molecule has 0 saturated carbocycles. The molecular weight excluding hydrogens is 216 g/mol. The van der Waals surface area contributed by atoms with Gasteiger partial charge in [-0.2, -0.15) is 0 Å². The van der Waals surface area contributed by atoms with Gasteiger partial charge < -0.3 is 9.80 Å². The molecule has 0 radical (unpaired) electrons. The van der Waals surface area contributed by atoms with E-state index in [9.17, 15) is 9.59 Å².